The summed E-state index contributed by atoms with van der Waals surface area (Å²) in [5, 5.41) is 5.21. The number of thiophene rings is 1. The highest BCUT2D eigenvalue weighted by molar-refractivity contribution is 7.26. The van der Waals surface area contributed by atoms with Gasteiger partial charge in [-0.15, -0.1) is 11.3 Å². The van der Waals surface area contributed by atoms with Crippen LogP contribution in [0.4, 0.5) is 0 Å². The number of benzene rings is 5. The van der Waals surface area contributed by atoms with Crippen molar-refractivity contribution in [1.82, 2.24) is 9.55 Å². The fraction of sp³-hybridized carbons (Fsp3) is 0.0278. The van der Waals surface area contributed by atoms with Gasteiger partial charge in [0, 0.05) is 49.1 Å². The van der Waals surface area contributed by atoms with E-state index in [1.807, 2.05) is 17.5 Å². The van der Waals surface area contributed by atoms with Crippen LogP contribution in [0.5, 0.6) is 0 Å². The van der Waals surface area contributed by atoms with Crippen molar-refractivity contribution in [3.8, 4) is 28.1 Å². The molecular formula is C36H22N2S. The maximum absolute atomic E-state index is 4.99. The maximum Gasteiger partial charge on any atom is 0.141 e. The van der Waals surface area contributed by atoms with Crippen molar-refractivity contribution in [2.75, 3.05) is 0 Å². The molecule has 0 spiro atoms. The maximum atomic E-state index is 4.99. The molecule has 0 N–H and O–H groups in total. The van der Waals surface area contributed by atoms with Crippen LogP contribution in [0.1, 0.15) is 11.1 Å². The van der Waals surface area contributed by atoms with Crippen LogP contribution >= 0.6 is 11.3 Å². The molecule has 0 aliphatic heterocycles. The van der Waals surface area contributed by atoms with Gasteiger partial charge in [-0.05, 0) is 58.1 Å². The number of para-hydroxylation sites is 2. The van der Waals surface area contributed by atoms with Gasteiger partial charge in [-0.2, -0.15) is 0 Å². The molecule has 0 amide bonds. The predicted octanol–water partition coefficient (Wildman–Crippen LogP) is 9.78. The molecule has 0 fully saturated rings. The van der Waals surface area contributed by atoms with Crippen molar-refractivity contribution in [1.29, 1.82) is 0 Å². The lowest BCUT2D eigenvalue weighted by atomic mass is 9.97. The molecule has 39 heavy (non-hydrogen) atoms. The summed E-state index contributed by atoms with van der Waals surface area (Å²) in [6.45, 7) is 0. The Balaban J connectivity index is 1.25. The Morgan fingerprint density at radius 2 is 1.31 bits per heavy atom. The van der Waals surface area contributed by atoms with E-state index in [1.54, 1.807) is 0 Å². The molecule has 9 rings (SSSR count). The predicted molar refractivity (Wildman–Crippen MR) is 165 cm³/mol. The fourth-order valence-corrected chi connectivity index (χ4v) is 7.80. The van der Waals surface area contributed by atoms with Gasteiger partial charge in [-0.25, -0.2) is 4.98 Å². The number of hydrogen-bond donors (Lipinski definition) is 0. The number of pyridine rings is 1. The van der Waals surface area contributed by atoms with Crippen molar-refractivity contribution in [2.45, 2.75) is 6.42 Å². The molecule has 182 valence electrons. The van der Waals surface area contributed by atoms with E-state index in [0.717, 1.165) is 12.2 Å². The third-order valence-corrected chi connectivity index (χ3v) is 9.53. The first-order valence-electron chi connectivity index (χ1n) is 13.4. The molecule has 0 saturated heterocycles. The van der Waals surface area contributed by atoms with Crippen LogP contribution in [0.15, 0.2) is 121 Å². The molecule has 0 bridgehead atoms. The summed E-state index contributed by atoms with van der Waals surface area (Å²) in [6, 6.07) is 42.0. The largest absolute Gasteiger partial charge is 0.294 e. The Labute approximate surface area is 229 Å². The molecule has 3 heteroatoms. The van der Waals surface area contributed by atoms with Crippen LogP contribution in [0.3, 0.4) is 0 Å². The minimum absolute atomic E-state index is 0.891. The Morgan fingerprint density at radius 1 is 0.590 bits per heavy atom. The van der Waals surface area contributed by atoms with Gasteiger partial charge in [-0.3, -0.25) is 4.57 Å². The van der Waals surface area contributed by atoms with E-state index < -0.39 is 0 Å². The second-order valence-electron chi connectivity index (χ2n) is 10.4. The quantitative estimate of drug-likeness (QED) is 0.224. The van der Waals surface area contributed by atoms with Crippen molar-refractivity contribution in [3.05, 3.63) is 133 Å². The molecule has 0 unspecified atom stereocenters. The van der Waals surface area contributed by atoms with E-state index in [4.69, 9.17) is 4.98 Å². The average molecular weight is 515 g/mol. The average Bonchev–Trinajstić information content (AvgIpc) is 3.66. The Morgan fingerprint density at radius 3 is 2.13 bits per heavy atom. The second kappa shape index (κ2) is 7.89. The lowest BCUT2D eigenvalue weighted by Crippen LogP contribution is -2.02. The van der Waals surface area contributed by atoms with E-state index >= 15 is 0 Å². The van der Waals surface area contributed by atoms with Gasteiger partial charge in [0.1, 0.15) is 5.82 Å². The van der Waals surface area contributed by atoms with Crippen molar-refractivity contribution < 1.29 is 0 Å². The molecule has 3 heterocycles. The number of nitrogens with zero attached hydrogens (tertiary/aromatic N) is 2. The van der Waals surface area contributed by atoms with Gasteiger partial charge in [-0.1, -0.05) is 84.9 Å². The molecule has 1 aliphatic carbocycles. The highest BCUT2D eigenvalue weighted by Gasteiger charge is 2.25. The molecule has 0 radical (unpaired) electrons. The van der Waals surface area contributed by atoms with Crippen LogP contribution in [0.25, 0.3) is 70.0 Å². The zero-order chi connectivity index (χ0) is 25.5. The van der Waals surface area contributed by atoms with Crippen LogP contribution in [0.2, 0.25) is 0 Å². The lowest BCUT2D eigenvalue weighted by Gasteiger charge is -2.12. The third kappa shape index (κ3) is 2.94. The minimum atomic E-state index is 0.891. The van der Waals surface area contributed by atoms with E-state index in [0.29, 0.717) is 0 Å². The summed E-state index contributed by atoms with van der Waals surface area (Å²) in [5.41, 5.74) is 10.3. The van der Waals surface area contributed by atoms with E-state index in [1.165, 1.54) is 75.4 Å². The summed E-state index contributed by atoms with van der Waals surface area (Å²) in [6.07, 6.45) is 2.87. The summed E-state index contributed by atoms with van der Waals surface area (Å²) in [5.74, 6) is 1.04. The van der Waals surface area contributed by atoms with Gasteiger partial charge >= 0.3 is 0 Å². The van der Waals surface area contributed by atoms with Crippen LogP contribution in [-0.4, -0.2) is 9.55 Å². The molecule has 2 nitrogen and oxygen atoms in total. The molecule has 0 atom stereocenters. The zero-order valence-electron chi connectivity index (χ0n) is 21.1. The topological polar surface area (TPSA) is 17.8 Å². The van der Waals surface area contributed by atoms with E-state index in [-0.39, 0.29) is 0 Å². The SMILES string of the molecule is c1ccc2c(c1)sc1c(-c3ccc4c(c3)-c3ccnc(-n5c6ccccc6c6ccccc65)c3C4)cccc12. The summed E-state index contributed by atoms with van der Waals surface area (Å²) < 4.78 is 5.06. The first kappa shape index (κ1) is 21.2. The zero-order valence-corrected chi connectivity index (χ0v) is 21.9. The standard InChI is InChI=1S/C36H22N2S/c1-4-13-32-26(8-1)27-9-2-5-14-33(27)38(32)36-31-21-23-17-16-22(20-30(23)25(31)18-19-37-36)24-11-7-12-29-28-10-3-6-15-34(28)39-35(24)29/h1-20H,21H2. The molecule has 1 aliphatic rings. The lowest BCUT2D eigenvalue weighted by molar-refractivity contribution is 1.04. The molecular weight excluding hydrogens is 492 g/mol. The first-order valence-corrected chi connectivity index (χ1v) is 14.2. The smallest absolute Gasteiger partial charge is 0.141 e. The Hall–Kier alpha value is -4.73. The summed E-state index contributed by atoms with van der Waals surface area (Å²) >= 11 is 1.89. The van der Waals surface area contributed by atoms with Crippen molar-refractivity contribution >= 4 is 53.3 Å². The second-order valence-corrected chi connectivity index (χ2v) is 11.4. The molecule has 0 saturated carbocycles. The van der Waals surface area contributed by atoms with Gasteiger partial charge in [0.25, 0.3) is 0 Å². The van der Waals surface area contributed by atoms with Crippen LogP contribution in [-0.2, 0) is 6.42 Å². The summed E-state index contributed by atoms with van der Waals surface area (Å²) in [4.78, 5) is 4.99. The van der Waals surface area contributed by atoms with Crippen LogP contribution < -0.4 is 0 Å². The molecule has 3 aromatic heterocycles. The first-order chi connectivity index (χ1) is 19.3. The van der Waals surface area contributed by atoms with Gasteiger partial charge in [0.15, 0.2) is 0 Å². The van der Waals surface area contributed by atoms with Gasteiger partial charge < -0.3 is 0 Å². The Bertz CT molecular complexity index is 2210. The Kier molecular flexibility index (Phi) is 4.29. The highest BCUT2D eigenvalue weighted by atomic mass is 32.1. The monoisotopic (exact) mass is 514 g/mol. The number of aromatic nitrogens is 2. The summed E-state index contributed by atoms with van der Waals surface area (Å²) in [7, 11) is 0. The normalized spacial score (nSPS) is 12.5. The molecule has 8 aromatic rings. The van der Waals surface area contributed by atoms with Gasteiger partial charge in [0.2, 0.25) is 0 Å². The van der Waals surface area contributed by atoms with Gasteiger partial charge in [0.05, 0.1) is 11.0 Å². The highest BCUT2D eigenvalue weighted by Crippen LogP contribution is 2.45. The van der Waals surface area contributed by atoms with Crippen LogP contribution in [0, 0.1) is 0 Å². The van der Waals surface area contributed by atoms with Crippen molar-refractivity contribution in [3.63, 3.8) is 0 Å². The minimum Gasteiger partial charge on any atom is -0.294 e. The number of rotatable bonds is 2. The van der Waals surface area contributed by atoms with Crippen molar-refractivity contribution in [2.24, 2.45) is 0 Å². The van der Waals surface area contributed by atoms with E-state index in [2.05, 4.69) is 120 Å². The number of fused-ring (bicyclic) bond motifs is 9. The third-order valence-electron chi connectivity index (χ3n) is 8.31. The fourth-order valence-electron chi connectivity index (χ4n) is 6.57. The number of hydrogen-bond acceptors (Lipinski definition) is 2. The molecule has 5 aromatic carbocycles. The van der Waals surface area contributed by atoms with E-state index in [9.17, 15) is 0 Å².